The molecule has 3 aromatic rings. The minimum absolute atomic E-state index is 0.153. The first kappa shape index (κ1) is 22.6. The topological polar surface area (TPSA) is 84.2 Å². The highest BCUT2D eigenvalue weighted by Gasteiger charge is 2.13. The van der Waals surface area contributed by atoms with Crippen LogP contribution in [-0.2, 0) is 17.9 Å². The monoisotopic (exact) mass is 454 g/mol. The summed E-state index contributed by atoms with van der Waals surface area (Å²) in [6.45, 7) is 6.91. The molecule has 0 saturated heterocycles. The molecule has 0 aliphatic heterocycles. The summed E-state index contributed by atoms with van der Waals surface area (Å²) in [5, 5.41) is 17.0. The summed E-state index contributed by atoms with van der Waals surface area (Å²) in [4.78, 5) is 12.1. The van der Waals surface area contributed by atoms with Gasteiger partial charge in [-0.2, -0.15) is 5.10 Å². The minimum Gasteiger partial charge on any atom is -0.378 e. The number of carbonyl (C=O) groups excluding carboxylic acids is 1. The Labute approximate surface area is 190 Å². The van der Waals surface area contributed by atoms with Crippen LogP contribution in [-0.4, -0.2) is 32.6 Å². The minimum atomic E-state index is -0.249. The number of hydrazone groups is 1. The molecule has 0 aliphatic carbocycles. The number of carbonyl (C=O) groups is 1. The number of nitrogens with one attached hydrogen (secondary N) is 2. The number of benzene rings is 2. The van der Waals surface area contributed by atoms with Crippen LogP contribution in [0.2, 0.25) is 5.02 Å². The number of aromatic nitrogens is 3. The number of anilines is 1. The van der Waals surface area contributed by atoms with Crippen molar-refractivity contribution in [1.29, 1.82) is 0 Å². The summed E-state index contributed by atoms with van der Waals surface area (Å²) < 4.78 is 1.93. The molecule has 0 bridgehead atoms. The maximum absolute atomic E-state index is 12.1. The number of hydrogen-bond donors (Lipinski definition) is 2. The van der Waals surface area contributed by atoms with Crippen LogP contribution in [0.4, 0.5) is 5.69 Å². The van der Waals surface area contributed by atoms with Gasteiger partial charge in [-0.05, 0) is 25.1 Å². The van der Waals surface area contributed by atoms with E-state index in [2.05, 4.69) is 32.6 Å². The van der Waals surface area contributed by atoms with Gasteiger partial charge in [-0.25, -0.2) is 5.43 Å². The van der Waals surface area contributed by atoms with Gasteiger partial charge >= 0.3 is 0 Å². The fourth-order valence-corrected chi connectivity index (χ4v) is 3.58. The first-order valence-corrected chi connectivity index (χ1v) is 11.0. The molecule has 0 spiro atoms. The highest BCUT2D eigenvalue weighted by Crippen LogP contribution is 2.18. The molecular formula is C22H23ClN6OS. The molecule has 0 atom stereocenters. The van der Waals surface area contributed by atoms with Crippen molar-refractivity contribution >= 4 is 41.2 Å². The third-order valence-electron chi connectivity index (χ3n) is 4.24. The standard InChI is InChI=1S/C22H23ClN6OS/c1-3-12-29-20(14-24-18-10-8-16(2)9-11-18)26-28-22(29)31-15-21(30)27-25-13-17-6-4-5-7-19(17)23/h3-11,13,24H,1,12,14-15H2,2H3,(H,27,30)/b25-13+. The van der Waals surface area contributed by atoms with Crippen LogP contribution in [0.1, 0.15) is 17.0 Å². The first-order chi connectivity index (χ1) is 15.1. The van der Waals surface area contributed by atoms with Crippen LogP contribution in [0.5, 0.6) is 0 Å². The number of hydrogen-bond acceptors (Lipinski definition) is 6. The Morgan fingerprint density at radius 1 is 1.23 bits per heavy atom. The Morgan fingerprint density at radius 2 is 2.00 bits per heavy atom. The highest BCUT2D eigenvalue weighted by atomic mass is 35.5. The van der Waals surface area contributed by atoms with Crippen LogP contribution in [0.15, 0.2) is 71.4 Å². The second-order valence-electron chi connectivity index (χ2n) is 6.62. The lowest BCUT2D eigenvalue weighted by molar-refractivity contribution is -0.118. The molecule has 1 heterocycles. The number of halogens is 1. The van der Waals surface area contributed by atoms with E-state index in [0.717, 1.165) is 17.1 Å². The van der Waals surface area contributed by atoms with Gasteiger partial charge in [-0.3, -0.25) is 4.79 Å². The molecule has 0 unspecified atom stereocenters. The molecule has 0 aliphatic rings. The number of thioether (sulfide) groups is 1. The molecular weight excluding hydrogens is 432 g/mol. The van der Waals surface area contributed by atoms with E-state index in [1.165, 1.54) is 23.5 Å². The average Bonchev–Trinajstić information content (AvgIpc) is 3.15. The summed E-state index contributed by atoms with van der Waals surface area (Å²) in [5.41, 5.74) is 5.44. The van der Waals surface area contributed by atoms with Crippen molar-refractivity contribution in [3.05, 3.63) is 83.2 Å². The molecule has 0 saturated carbocycles. The third kappa shape index (κ3) is 6.70. The van der Waals surface area contributed by atoms with Crippen molar-refractivity contribution in [2.24, 2.45) is 5.10 Å². The Morgan fingerprint density at radius 3 is 2.74 bits per heavy atom. The number of nitrogens with zero attached hydrogens (tertiary/aromatic N) is 4. The van der Waals surface area contributed by atoms with Gasteiger partial charge in [0, 0.05) is 22.8 Å². The van der Waals surface area contributed by atoms with E-state index in [4.69, 9.17) is 11.6 Å². The highest BCUT2D eigenvalue weighted by molar-refractivity contribution is 7.99. The van der Waals surface area contributed by atoms with E-state index >= 15 is 0 Å². The number of amides is 1. The first-order valence-electron chi connectivity index (χ1n) is 9.59. The van der Waals surface area contributed by atoms with Crippen molar-refractivity contribution in [2.75, 3.05) is 11.1 Å². The molecule has 2 aromatic carbocycles. The van der Waals surface area contributed by atoms with Crippen LogP contribution in [0.3, 0.4) is 0 Å². The number of rotatable bonds is 10. The maximum atomic E-state index is 12.1. The molecule has 160 valence electrons. The quantitative estimate of drug-likeness (QED) is 0.207. The summed E-state index contributed by atoms with van der Waals surface area (Å²) >= 11 is 7.35. The summed E-state index contributed by atoms with van der Waals surface area (Å²) in [6.07, 6.45) is 3.29. The molecule has 7 nitrogen and oxygen atoms in total. The fourth-order valence-electron chi connectivity index (χ4n) is 2.64. The van der Waals surface area contributed by atoms with Crippen molar-refractivity contribution in [3.63, 3.8) is 0 Å². The summed E-state index contributed by atoms with van der Waals surface area (Å²) in [7, 11) is 0. The predicted octanol–water partition coefficient (Wildman–Crippen LogP) is 4.28. The zero-order valence-electron chi connectivity index (χ0n) is 17.1. The van der Waals surface area contributed by atoms with E-state index < -0.39 is 0 Å². The third-order valence-corrected chi connectivity index (χ3v) is 5.55. The van der Waals surface area contributed by atoms with E-state index in [0.29, 0.717) is 23.3 Å². The second-order valence-corrected chi connectivity index (χ2v) is 7.97. The molecule has 31 heavy (non-hydrogen) atoms. The molecule has 1 amide bonds. The second kappa shape index (κ2) is 11.3. The van der Waals surface area contributed by atoms with Crippen LogP contribution >= 0.6 is 23.4 Å². The van der Waals surface area contributed by atoms with E-state index in [1.807, 2.05) is 54.0 Å². The average molecular weight is 455 g/mol. The van der Waals surface area contributed by atoms with Gasteiger partial charge in [0.2, 0.25) is 0 Å². The molecule has 9 heteroatoms. The molecule has 3 rings (SSSR count). The Kier molecular flexibility index (Phi) is 8.26. The molecule has 1 aromatic heterocycles. The van der Waals surface area contributed by atoms with Gasteiger partial charge in [0.25, 0.3) is 5.91 Å². The number of aryl methyl sites for hydroxylation is 1. The van der Waals surface area contributed by atoms with Crippen molar-refractivity contribution < 1.29 is 4.79 Å². The van der Waals surface area contributed by atoms with Gasteiger partial charge in [-0.1, -0.05) is 65.3 Å². The fraction of sp³-hybridized carbons (Fsp3) is 0.182. The summed E-state index contributed by atoms with van der Waals surface area (Å²) in [6, 6.07) is 15.4. The van der Waals surface area contributed by atoms with Crippen molar-refractivity contribution in [2.45, 2.75) is 25.2 Å². The van der Waals surface area contributed by atoms with Crippen molar-refractivity contribution in [3.8, 4) is 0 Å². The predicted molar refractivity (Wildman–Crippen MR) is 127 cm³/mol. The smallest absolute Gasteiger partial charge is 0.250 e. The van der Waals surface area contributed by atoms with Crippen molar-refractivity contribution in [1.82, 2.24) is 20.2 Å². The van der Waals surface area contributed by atoms with E-state index in [1.54, 1.807) is 12.1 Å². The molecule has 0 radical (unpaired) electrons. The van der Waals surface area contributed by atoms with Gasteiger partial charge in [0.1, 0.15) is 0 Å². The maximum Gasteiger partial charge on any atom is 0.250 e. The lowest BCUT2D eigenvalue weighted by Gasteiger charge is -2.09. The lowest BCUT2D eigenvalue weighted by Crippen LogP contribution is -2.20. The molecule has 0 fully saturated rings. The Hall–Kier alpha value is -3.10. The SMILES string of the molecule is C=CCn1c(CNc2ccc(C)cc2)nnc1SCC(=O)N/N=C/c1ccccc1Cl. The van der Waals surface area contributed by atoms with Gasteiger partial charge in [0.15, 0.2) is 11.0 Å². The zero-order valence-corrected chi connectivity index (χ0v) is 18.7. The Balaban J connectivity index is 1.55. The lowest BCUT2D eigenvalue weighted by atomic mass is 10.2. The van der Waals surface area contributed by atoms with Crippen LogP contribution in [0.25, 0.3) is 0 Å². The van der Waals surface area contributed by atoms with Gasteiger partial charge < -0.3 is 9.88 Å². The van der Waals surface area contributed by atoms with E-state index in [-0.39, 0.29) is 11.7 Å². The van der Waals surface area contributed by atoms with Crippen LogP contribution < -0.4 is 10.7 Å². The normalized spacial score (nSPS) is 10.9. The van der Waals surface area contributed by atoms with Crippen LogP contribution in [0, 0.1) is 6.92 Å². The largest absolute Gasteiger partial charge is 0.378 e. The summed E-state index contributed by atoms with van der Waals surface area (Å²) in [5.74, 6) is 0.668. The Bertz CT molecular complexity index is 1060. The molecule has 2 N–H and O–H groups in total. The number of allylic oxidation sites excluding steroid dienone is 1. The zero-order chi connectivity index (χ0) is 22.1. The van der Waals surface area contributed by atoms with E-state index in [9.17, 15) is 4.79 Å². The van der Waals surface area contributed by atoms with Gasteiger partial charge in [-0.15, -0.1) is 16.8 Å². The van der Waals surface area contributed by atoms with Gasteiger partial charge in [0.05, 0.1) is 18.5 Å².